The van der Waals surface area contributed by atoms with Gasteiger partial charge in [0, 0.05) is 10.6 Å². The number of thioether (sulfide) groups is 1. The molecule has 1 aromatic rings. The highest BCUT2D eigenvalue weighted by molar-refractivity contribution is 7.99. The van der Waals surface area contributed by atoms with Crippen molar-refractivity contribution in [3.8, 4) is 0 Å². The van der Waals surface area contributed by atoms with Crippen molar-refractivity contribution in [1.29, 1.82) is 0 Å². The Hall–Kier alpha value is -0.500. The zero-order valence-corrected chi connectivity index (χ0v) is 7.61. The number of rotatable bonds is 3. The van der Waals surface area contributed by atoms with Crippen molar-refractivity contribution in [2.45, 2.75) is 17.7 Å². The van der Waals surface area contributed by atoms with Crippen molar-refractivity contribution in [3.05, 3.63) is 30.1 Å². The van der Waals surface area contributed by atoms with Crippen LogP contribution in [-0.4, -0.2) is 5.75 Å². The van der Waals surface area contributed by atoms with Gasteiger partial charge >= 0.3 is 0 Å². The fourth-order valence-corrected chi connectivity index (χ4v) is 2.18. The van der Waals surface area contributed by atoms with E-state index in [2.05, 4.69) is 0 Å². The monoisotopic (exact) mass is 182 g/mol. The van der Waals surface area contributed by atoms with Gasteiger partial charge in [-0.25, -0.2) is 4.39 Å². The molecule has 1 aromatic carbocycles. The van der Waals surface area contributed by atoms with E-state index in [1.807, 2.05) is 12.1 Å². The lowest BCUT2D eigenvalue weighted by molar-refractivity contribution is 0.602. The average molecular weight is 182 g/mol. The molecule has 0 aliphatic heterocycles. The Morgan fingerprint density at radius 3 is 2.75 bits per heavy atom. The van der Waals surface area contributed by atoms with E-state index in [0.717, 1.165) is 16.6 Å². The van der Waals surface area contributed by atoms with Crippen LogP contribution in [0.1, 0.15) is 12.8 Å². The summed E-state index contributed by atoms with van der Waals surface area (Å²) < 4.78 is 13.0. The van der Waals surface area contributed by atoms with Gasteiger partial charge in [-0.2, -0.15) is 0 Å². The summed E-state index contributed by atoms with van der Waals surface area (Å²) in [4.78, 5) is 0.796. The molecule has 0 unspecified atom stereocenters. The number of hydrogen-bond acceptors (Lipinski definition) is 1. The first-order valence-corrected chi connectivity index (χ1v) is 5.22. The second-order valence-corrected chi connectivity index (χ2v) is 4.25. The maximum absolute atomic E-state index is 13.0. The van der Waals surface area contributed by atoms with Gasteiger partial charge in [0.05, 0.1) is 0 Å². The molecule has 0 heterocycles. The van der Waals surface area contributed by atoms with Gasteiger partial charge in [0.2, 0.25) is 0 Å². The molecule has 2 rings (SSSR count). The smallest absolute Gasteiger partial charge is 0.136 e. The fourth-order valence-electron chi connectivity index (χ4n) is 1.05. The molecule has 0 bridgehead atoms. The van der Waals surface area contributed by atoms with Crippen LogP contribution in [0.5, 0.6) is 0 Å². The van der Waals surface area contributed by atoms with E-state index < -0.39 is 0 Å². The average Bonchev–Trinajstić information content (AvgIpc) is 2.86. The third kappa shape index (κ3) is 2.01. The van der Waals surface area contributed by atoms with Crippen LogP contribution in [0.3, 0.4) is 0 Å². The summed E-state index contributed by atoms with van der Waals surface area (Å²) in [7, 11) is 0. The summed E-state index contributed by atoms with van der Waals surface area (Å²) >= 11 is 1.64. The minimum Gasteiger partial charge on any atom is -0.206 e. The first-order chi connectivity index (χ1) is 5.86. The van der Waals surface area contributed by atoms with Gasteiger partial charge in [-0.1, -0.05) is 12.1 Å². The predicted octanol–water partition coefficient (Wildman–Crippen LogP) is 3.33. The van der Waals surface area contributed by atoms with Crippen LogP contribution < -0.4 is 0 Å². The van der Waals surface area contributed by atoms with Gasteiger partial charge in [0.15, 0.2) is 0 Å². The van der Waals surface area contributed by atoms with Crippen LogP contribution in [0.4, 0.5) is 4.39 Å². The van der Waals surface area contributed by atoms with Crippen LogP contribution in [0.2, 0.25) is 0 Å². The standard InChI is InChI=1S/C10H11FS/c11-9-3-1-2-4-10(9)12-7-8-5-6-8/h1-4,8H,5-7H2. The fraction of sp³-hybridized carbons (Fsp3) is 0.400. The SMILES string of the molecule is Fc1ccccc1SCC1CC1. The second-order valence-electron chi connectivity index (χ2n) is 3.18. The van der Waals surface area contributed by atoms with Crippen LogP contribution >= 0.6 is 11.8 Å². The van der Waals surface area contributed by atoms with Gasteiger partial charge in [-0.3, -0.25) is 0 Å². The van der Waals surface area contributed by atoms with Crippen molar-refractivity contribution in [2.75, 3.05) is 5.75 Å². The highest BCUT2D eigenvalue weighted by Gasteiger charge is 2.21. The number of halogens is 1. The quantitative estimate of drug-likeness (QED) is 0.646. The minimum absolute atomic E-state index is 0.0804. The van der Waals surface area contributed by atoms with E-state index in [-0.39, 0.29) is 5.82 Å². The first kappa shape index (κ1) is 8.11. The van der Waals surface area contributed by atoms with Crippen molar-refractivity contribution < 1.29 is 4.39 Å². The summed E-state index contributed by atoms with van der Waals surface area (Å²) in [6.45, 7) is 0. The first-order valence-electron chi connectivity index (χ1n) is 4.23. The van der Waals surface area contributed by atoms with E-state index in [1.165, 1.54) is 18.9 Å². The van der Waals surface area contributed by atoms with E-state index in [0.29, 0.717) is 0 Å². The summed E-state index contributed by atoms with van der Waals surface area (Å²) in [5, 5.41) is 0. The third-order valence-electron chi connectivity index (χ3n) is 2.01. The topological polar surface area (TPSA) is 0 Å². The lowest BCUT2D eigenvalue weighted by atomic mass is 10.3. The highest BCUT2D eigenvalue weighted by atomic mass is 32.2. The van der Waals surface area contributed by atoms with Crippen LogP contribution in [0.25, 0.3) is 0 Å². The van der Waals surface area contributed by atoms with E-state index >= 15 is 0 Å². The Morgan fingerprint density at radius 2 is 2.08 bits per heavy atom. The predicted molar refractivity (Wildman–Crippen MR) is 49.8 cm³/mol. The number of benzene rings is 1. The van der Waals surface area contributed by atoms with Crippen molar-refractivity contribution in [1.82, 2.24) is 0 Å². The molecule has 0 nitrogen and oxygen atoms in total. The Bertz CT molecular complexity index is 268. The Kier molecular flexibility index (Phi) is 2.35. The molecule has 0 N–H and O–H groups in total. The molecule has 1 aliphatic rings. The maximum atomic E-state index is 13.0. The largest absolute Gasteiger partial charge is 0.206 e. The molecule has 1 aliphatic carbocycles. The highest BCUT2D eigenvalue weighted by Crippen LogP contribution is 2.35. The second kappa shape index (κ2) is 3.48. The molecule has 0 saturated heterocycles. The molecule has 0 amide bonds. The summed E-state index contributed by atoms with van der Waals surface area (Å²) in [6, 6.07) is 6.99. The lowest BCUT2D eigenvalue weighted by Crippen LogP contribution is -1.83. The molecule has 12 heavy (non-hydrogen) atoms. The van der Waals surface area contributed by atoms with Crippen LogP contribution in [0, 0.1) is 11.7 Å². The molecule has 0 atom stereocenters. The van der Waals surface area contributed by atoms with E-state index in [9.17, 15) is 4.39 Å². The normalized spacial score (nSPS) is 16.4. The molecular formula is C10H11FS. The summed E-state index contributed by atoms with van der Waals surface area (Å²) in [6.07, 6.45) is 2.67. The molecule has 0 aromatic heterocycles. The summed E-state index contributed by atoms with van der Waals surface area (Å²) in [5.41, 5.74) is 0. The molecule has 0 spiro atoms. The van der Waals surface area contributed by atoms with Gasteiger partial charge in [0.1, 0.15) is 5.82 Å². The molecule has 1 fully saturated rings. The van der Waals surface area contributed by atoms with Gasteiger partial charge in [0.25, 0.3) is 0 Å². The Balaban J connectivity index is 1.96. The molecule has 64 valence electrons. The van der Waals surface area contributed by atoms with Crippen molar-refractivity contribution >= 4 is 11.8 Å². The molecule has 0 radical (unpaired) electrons. The van der Waals surface area contributed by atoms with E-state index in [1.54, 1.807) is 17.8 Å². The maximum Gasteiger partial charge on any atom is 0.136 e. The molecule has 1 saturated carbocycles. The van der Waals surface area contributed by atoms with Crippen LogP contribution in [0.15, 0.2) is 29.2 Å². The summed E-state index contributed by atoms with van der Waals surface area (Å²) in [5.74, 6) is 1.86. The minimum atomic E-state index is -0.0804. The Morgan fingerprint density at radius 1 is 1.33 bits per heavy atom. The third-order valence-corrected chi connectivity index (χ3v) is 3.29. The van der Waals surface area contributed by atoms with Crippen molar-refractivity contribution in [2.24, 2.45) is 5.92 Å². The molecule has 2 heteroatoms. The van der Waals surface area contributed by atoms with Crippen LogP contribution in [-0.2, 0) is 0 Å². The zero-order valence-electron chi connectivity index (χ0n) is 6.79. The van der Waals surface area contributed by atoms with Gasteiger partial charge in [-0.15, -0.1) is 11.8 Å². The Labute approximate surface area is 76.2 Å². The molecular weight excluding hydrogens is 171 g/mol. The van der Waals surface area contributed by atoms with Gasteiger partial charge < -0.3 is 0 Å². The number of hydrogen-bond donors (Lipinski definition) is 0. The van der Waals surface area contributed by atoms with Crippen molar-refractivity contribution in [3.63, 3.8) is 0 Å². The lowest BCUT2D eigenvalue weighted by Gasteiger charge is -2.00. The zero-order chi connectivity index (χ0) is 8.39. The van der Waals surface area contributed by atoms with Gasteiger partial charge in [-0.05, 0) is 30.9 Å². The van der Waals surface area contributed by atoms with E-state index in [4.69, 9.17) is 0 Å².